The highest BCUT2D eigenvalue weighted by atomic mass is 32.1. The van der Waals surface area contributed by atoms with Gasteiger partial charge >= 0.3 is 5.97 Å². The fourth-order valence-corrected chi connectivity index (χ4v) is 2.24. The van der Waals surface area contributed by atoms with Crippen LogP contribution in [0.4, 0.5) is 0 Å². The van der Waals surface area contributed by atoms with E-state index in [0.717, 1.165) is 10.6 Å². The second kappa shape index (κ2) is 5.59. The number of hydrogen-bond acceptors (Lipinski definition) is 4. The molecule has 0 fully saturated rings. The Morgan fingerprint density at radius 1 is 1.39 bits per heavy atom. The molecule has 0 bridgehead atoms. The van der Waals surface area contributed by atoms with Gasteiger partial charge in [0.05, 0.1) is 4.88 Å². The molecular weight excluding hydrogens is 252 g/mol. The molecule has 1 N–H and O–H groups in total. The quantitative estimate of drug-likeness (QED) is 0.894. The van der Waals surface area contributed by atoms with Crippen molar-refractivity contribution in [1.82, 2.24) is 9.78 Å². The smallest absolute Gasteiger partial charge is 0.303 e. The van der Waals surface area contributed by atoms with Crippen LogP contribution >= 0.6 is 11.3 Å². The maximum Gasteiger partial charge on any atom is 0.303 e. The Kier molecular flexibility index (Phi) is 3.88. The minimum absolute atomic E-state index is 0.0390. The average Bonchev–Trinajstić information content (AvgIpc) is 2.84. The van der Waals surface area contributed by atoms with E-state index in [2.05, 4.69) is 5.10 Å². The molecule has 0 aromatic carbocycles. The lowest BCUT2D eigenvalue weighted by molar-refractivity contribution is -0.137. The minimum Gasteiger partial charge on any atom is -0.481 e. The van der Waals surface area contributed by atoms with Crippen molar-refractivity contribution in [1.29, 1.82) is 0 Å². The number of nitrogens with zero attached hydrogens (tertiary/aromatic N) is 2. The van der Waals surface area contributed by atoms with Gasteiger partial charge in [-0.1, -0.05) is 6.07 Å². The monoisotopic (exact) mass is 264 g/mol. The van der Waals surface area contributed by atoms with Crippen LogP contribution in [0.5, 0.6) is 0 Å². The average molecular weight is 264 g/mol. The summed E-state index contributed by atoms with van der Waals surface area (Å²) in [4.78, 5) is 23.0. The Morgan fingerprint density at radius 2 is 2.22 bits per heavy atom. The summed E-state index contributed by atoms with van der Waals surface area (Å²) in [6.07, 6.45) is 0.438. The molecule has 0 saturated carbocycles. The summed E-state index contributed by atoms with van der Waals surface area (Å²) in [6.45, 7) is 0.324. The third-order valence-corrected chi connectivity index (χ3v) is 3.29. The van der Waals surface area contributed by atoms with Crippen molar-refractivity contribution in [3.05, 3.63) is 40.0 Å². The molecule has 0 aliphatic carbocycles. The lowest BCUT2D eigenvalue weighted by Gasteiger charge is -2.04. The van der Waals surface area contributed by atoms with E-state index in [4.69, 9.17) is 5.11 Å². The topological polar surface area (TPSA) is 72.2 Å². The lowest BCUT2D eigenvalue weighted by atomic mass is 10.3. The molecule has 0 radical (unpaired) electrons. The van der Waals surface area contributed by atoms with Gasteiger partial charge in [-0.2, -0.15) is 5.10 Å². The fraction of sp³-hybridized carbons (Fsp3) is 0.250. The van der Waals surface area contributed by atoms with Gasteiger partial charge in [-0.3, -0.25) is 9.59 Å². The molecule has 0 spiro atoms. The van der Waals surface area contributed by atoms with Crippen LogP contribution in [0.1, 0.15) is 12.8 Å². The summed E-state index contributed by atoms with van der Waals surface area (Å²) in [7, 11) is 0. The largest absolute Gasteiger partial charge is 0.481 e. The number of carbonyl (C=O) groups is 1. The van der Waals surface area contributed by atoms with Gasteiger partial charge in [-0.05, 0) is 23.9 Å². The number of thiophene rings is 1. The van der Waals surface area contributed by atoms with Gasteiger partial charge in [-0.25, -0.2) is 4.68 Å². The molecule has 0 saturated heterocycles. The summed E-state index contributed by atoms with van der Waals surface area (Å²) < 4.78 is 1.32. The van der Waals surface area contributed by atoms with Crippen LogP contribution < -0.4 is 5.56 Å². The number of rotatable bonds is 5. The van der Waals surface area contributed by atoms with E-state index in [1.165, 1.54) is 10.7 Å². The van der Waals surface area contributed by atoms with Crippen molar-refractivity contribution >= 4 is 17.3 Å². The van der Waals surface area contributed by atoms with Crippen molar-refractivity contribution in [2.24, 2.45) is 0 Å². The second-order valence-corrected chi connectivity index (χ2v) is 4.70. The van der Waals surface area contributed by atoms with Gasteiger partial charge < -0.3 is 5.11 Å². The zero-order valence-electron chi connectivity index (χ0n) is 9.57. The zero-order valence-corrected chi connectivity index (χ0v) is 10.4. The first-order valence-electron chi connectivity index (χ1n) is 5.50. The molecule has 5 nitrogen and oxygen atoms in total. The summed E-state index contributed by atoms with van der Waals surface area (Å²) in [5.74, 6) is -0.863. The van der Waals surface area contributed by atoms with Gasteiger partial charge in [0, 0.05) is 19.0 Å². The van der Waals surface area contributed by atoms with E-state index in [1.54, 1.807) is 17.4 Å². The van der Waals surface area contributed by atoms with E-state index in [-0.39, 0.29) is 12.0 Å². The van der Waals surface area contributed by atoms with Crippen LogP contribution in [-0.4, -0.2) is 20.9 Å². The Morgan fingerprint density at radius 3 is 2.89 bits per heavy atom. The van der Waals surface area contributed by atoms with Gasteiger partial charge in [0.1, 0.15) is 5.69 Å². The van der Waals surface area contributed by atoms with Crippen molar-refractivity contribution < 1.29 is 9.90 Å². The maximum atomic E-state index is 11.6. The maximum absolute atomic E-state index is 11.6. The highest BCUT2D eigenvalue weighted by molar-refractivity contribution is 7.13. The van der Waals surface area contributed by atoms with Gasteiger partial charge in [0.2, 0.25) is 0 Å². The first kappa shape index (κ1) is 12.5. The Bertz CT molecular complexity index is 590. The van der Waals surface area contributed by atoms with E-state index in [0.29, 0.717) is 13.0 Å². The van der Waals surface area contributed by atoms with Crippen LogP contribution in [0.3, 0.4) is 0 Å². The number of hydrogen-bond donors (Lipinski definition) is 1. The summed E-state index contributed by atoms with van der Waals surface area (Å²) in [5.41, 5.74) is 0.528. The first-order chi connectivity index (χ1) is 8.66. The predicted molar refractivity (Wildman–Crippen MR) is 68.7 cm³/mol. The molecule has 2 rings (SSSR count). The number of carboxylic acids is 1. The number of carboxylic acid groups (broad SMARTS) is 1. The molecule has 6 heteroatoms. The van der Waals surface area contributed by atoms with Gasteiger partial charge in [0.25, 0.3) is 5.56 Å². The molecule has 2 heterocycles. The number of aromatic nitrogens is 2. The Hall–Kier alpha value is -1.95. The second-order valence-electron chi connectivity index (χ2n) is 3.75. The third-order valence-electron chi connectivity index (χ3n) is 2.40. The number of aliphatic carboxylic acids is 1. The van der Waals surface area contributed by atoms with Crippen molar-refractivity contribution in [2.75, 3.05) is 0 Å². The minimum atomic E-state index is -0.863. The van der Waals surface area contributed by atoms with Gasteiger partial charge in [-0.15, -0.1) is 11.3 Å². The van der Waals surface area contributed by atoms with Crippen LogP contribution in [0.2, 0.25) is 0 Å². The third kappa shape index (κ3) is 3.04. The van der Waals surface area contributed by atoms with Crippen LogP contribution in [-0.2, 0) is 11.3 Å². The highest BCUT2D eigenvalue weighted by Gasteiger charge is 2.05. The Balaban J connectivity index is 2.17. The molecule has 2 aromatic rings. The Labute approximate surface area is 107 Å². The first-order valence-corrected chi connectivity index (χ1v) is 6.38. The van der Waals surface area contributed by atoms with E-state index >= 15 is 0 Å². The molecule has 94 valence electrons. The molecule has 0 unspecified atom stereocenters. The normalized spacial score (nSPS) is 10.4. The molecule has 18 heavy (non-hydrogen) atoms. The van der Waals surface area contributed by atoms with E-state index < -0.39 is 5.97 Å². The molecular formula is C12H12N2O3S. The summed E-state index contributed by atoms with van der Waals surface area (Å²) in [6, 6.07) is 6.99. The fourth-order valence-electron chi connectivity index (χ4n) is 1.54. The molecule has 0 amide bonds. The van der Waals surface area contributed by atoms with Crippen LogP contribution in [0, 0.1) is 0 Å². The standard InChI is InChI=1S/C12H12N2O3S/c15-11-6-5-9(10-3-2-8-18-10)13-14(11)7-1-4-12(16)17/h2-3,5-6,8H,1,4,7H2,(H,16,17). The molecule has 0 aliphatic rings. The summed E-state index contributed by atoms with van der Waals surface area (Å²) >= 11 is 1.55. The van der Waals surface area contributed by atoms with E-state index in [1.807, 2.05) is 17.5 Å². The van der Waals surface area contributed by atoms with E-state index in [9.17, 15) is 9.59 Å². The SMILES string of the molecule is O=C(O)CCCn1nc(-c2cccs2)ccc1=O. The predicted octanol–water partition coefficient (Wildman–Crippen LogP) is 1.84. The van der Waals surface area contributed by atoms with Crippen molar-refractivity contribution in [3.8, 4) is 10.6 Å². The summed E-state index contributed by atoms with van der Waals surface area (Å²) in [5, 5.41) is 14.7. The molecule has 2 aromatic heterocycles. The van der Waals surface area contributed by atoms with Crippen LogP contribution in [0.25, 0.3) is 10.6 Å². The number of aryl methyl sites for hydroxylation is 1. The van der Waals surface area contributed by atoms with Gasteiger partial charge in [0.15, 0.2) is 0 Å². The van der Waals surface area contributed by atoms with Crippen molar-refractivity contribution in [2.45, 2.75) is 19.4 Å². The lowest BCUT2D eigenvalue weighted by Crippen LogP contribution is -2.22. The highest BCUT2D eigenvalue weighted by Crippen LogP contribution is 2.21. The van der Waals surface area contributed by atoms with Crippen LogP contribution in [0.15, 0.2) is 34.4 Å². The molecule has 0 aliphatic heterocycles. The molecule has 0 atom stereocenters. The van der Waals surface area contributed by atoms with Crippen molar-refractivity contribution in [3.63, 3.8) is 0 Å². The zero-order chi connectivity index (χ0) is 13.0.